The highest BCUT2D eigenvalue weighted by atomic mass is 19.1. The SMILES string of the molecule is COc1ccc(OC2CC(Cc3nc(C)c4c(n3)N(C)[C@@H](C)C(=O)N4C)C2)c(F)c1. The van der Waals surface area contributed by atoms with Crippen molar-refractivity contribution in [1.29, 1.82) is 0 Å². The second kappa shape index (κ2) is 7.74. The fraction of sp³-hybridized carbons (Fsp3) is 0.500. The molecular formula is C22H27FN4O3. The van der Waals surface area contributed by atoms with E-state index in [4.69, 9.17) is 14.5 Å². The molecular weight excluding hydrogens is 387 g/mol. The monoisotopic (exact) mass is 414 g/mol. The molecule has 0 spiro atoms. The summed E-state index contributed by atoms with van der Waals surface area (Å²) in [5.74, 6) is 2.30. The van der Waals surface area contributed by atoms with E-state index in [-0.39, 0.29) is 23.8 Å². The Labute approximate surface area is 175 Å². The van der Waals surface area contributed by atoms with Crippen molar-refractivity contribution in [2.45, 2.75) is 45.3 Å². The molecule has 1 fully saturated rings. The molecule has 0 unspecified atom stereocenters. The summed E-state index contributed by atoms with van der Waals surface area (Å²) in [5, 5.41) is 0. The molecule has 30 heavy (non-hydrogen) atoms. The third-order valence-corrected chi connectivity index (χ3v) is 6.12. The van der Waals surface area contributed by atoms with Gasteiger partial charge in [0.15, 0.2) is 17.4 Å². The van der Waals surface area contributed by atoms with Gasteiger partial charge in [-0.3, -0.25) is 4.79 Å². The molecule has 2 aromatic rings. The summed E-state index contributed by atoms with van der Waals surface area (Å²) in [5.41, 5.74) is 1.58. The van der Waals surface area contributed by atoms with Crippen LogP contribution in [0.15, 0.2) is 18.2 Å². The fourth-order valence-electron chi connectivity index (χ4n) is 4.16. The van der Waals surface area contributed by atoms with Crippen molar-refractivity contribution < 1.29 is 18.7 Å². The van der Waals surface area contributed by atoms with Crippen LogP contribution in [-0.4, -0.2) is 49.2 Å². The van der Waals surface area contributed by atoms with Gasteiger partial charge in [0.05, 0.1) is 18.9 Å². The summed E-state index contributed by atoms with van der Waals surface area (Å²) in [6, 6.07) is 4.36. The number of aromatic nitrogens is 2. The minimum Gasteiger partial charge on any atom is -0.497 e. The molecule has 4 rings (SSSR count). The number of carbonyl (C=O) groups is 1. The molecule has 0 bridgehead atoms. The van der Waals surface area contributed by atoms with Crippen LogP contribution in [0.25, 0.3) is 0 Å². The van der Waals surface area contributed by atoms with Crippen LogP contribution in [0.4, 0.5) is 15.9 Å². The van der Waals surface area contributed by atoms with Crippen LogP contribution in [0, 0.1) is 18.7 Å². The van der Waals surface area contributed by atoms with Crippen LogP contribution in [0.2, 0.25) is 0 Å². The highest BCUT2D eigenvalue weighted by Crippen LogP contribution is 2.38. The summed E-state index contributed by atoms with van der Waals surface area (Å²) in [7, 11) is 5.17. The fourth-order valence-corrected chi connectivity index (χ4v) is 4.16. The topological polar surface area (TPSA) is 67.8 Å². The highest BCUT2D eigenvalue weighted by Gasteiger charge is 2.36. The number of methoxy groups -OCH3 is 1. The van der Waals surface area contributed by atoms with Gasteiger partial charge in [-0.1, -0.05) is 0 Å². The van der Waals surface area contributed by atoms with Crippen LogP contribution < -0.4 is 19.3 Å². The molecule has 8 heteroatoms. The van der Waals surface area contributed by atoms with Crippen LogP contribution in [0.3, 0.4) is 0 Å². The lowest BCUT2D eigenvalue weighted by Crippen LogP contribution is -2.50. The van der Waals surface area contributed by atoms with E-state index in [2.05, 4.69) is 4.98 Å². The lowest BCUT2D eigenvalue weighted by atomic mass is 9.80. The van der Waals surface area contributed by atoms with E-state index < -0.39 is 5.82 Å². The van der Waals surface area contributed by atoms with Crippen LogP contribution in [-0.2, 0) is 11.2 Å². The Balaban J connectivity index is 1.41. The van der Waals surface area contributed by atoms with Crippen molar-refractivity contribution in [1.82, 2.24) is 9.97 Å². The first-order valence-electron chi connectivity index (χ1n) is 10.2. The third kappa shape index (κ3) is 3.55. The van der Waals surface area contributed by atoms with E-state index in [9.17, 15) is 9.18 Å². The lowest BCUT2D eigenvalue weighted by molar-refractivity contribution is -0.119. The number of amides is 1. The van der Waals surface area contributed by atoms with Crippen molar-refractivity contribution >= 4 is 17.4 Å². The van der Waals surface area contributed by atoms with Gasteiger partial charge < -0.3 is 19.3 Å². The first-order chi connectivity index (χ1) is 14.3. The third-order valence-electron chi connectivity index (χ3n) is 6.12. The average molecular weight is 414 g/mol. The largest absolute Gasteiger partial charge is 0.497 e. The Morgan fingerprint density at radius 2 is 1.97 bits per heavy atom. The van der Waals surface area contributed by atoms with Crippen molar-refractivity contribution in [3.63, 3.8) is 0 Å². The van der Waals surface area contributed by atoms with Gasteiger partial charge in [0.1, 0.15) is 23.3 Å². The molecule has 1 aliphatic heterocycles. The summed E-state index contributed by atoms with van der Waals surface area (Å²) in [6.45, 7) is 3.79. The van der Waals surface area contributed by atoms with Crippen molar-refractivity contribution in [3.05, 3.63) is 35.5 Å². The number of rotatable bonds is 5. The summed E-state index contributed by atoms with van der Waals surface area (Å²) < 4.78 is 24.9. The van der Waals surface area contributed by atoms with E-state index in [0.717, 1.165) is 42.3 Å². The Morgan fingerprint density at radius 3 is 2.63 bits per heavy atom. The first-order valence-corrected chi connectivity index (χ1v) is 10.2. The smallest absolute Gasteiger partial charge is 0.249 e. The molecule has 1 saturated carbocycles. The zero-order valence-corrected chi connectivity index (χ0v) is 18.0. The normalized spacial score (nSPS) is 23.1. The molecule has 1 aromatic carbocycles. The number of anilines is 2. The predicted octanol–water partition coefficient (Wildman–Crippen LogP) is 3.13. The van der Waals surface area contributed by atoms with Gasteiger partial charge in [-0.2, -0.15) is 0 Å². The molecule has 1 atom stereocenters. The molecule has 1 aromatic heterocycles. The molecule has 0 N–H and O–H groups in total. The number of halogens is 1. The van der Waals surface area contributed by atoms with Gasteiger partial charge in [-0.05, 0) is 44.7 Å². The molecule has 2 heterocycles. The number of benzene rings is 1. The molecule has 0 radical (unpaired) electrons. The van der Waals surface area contributed by atoms with Crippen molar-refractivity contribution in [2.75, 3.05) is 31.0 Å². The number of carbonyl (C=O) groups excluding carboxylic acids is 1. The maximum Gasteiger partial charge on any atom is 0.249 e. The van der Waals surface area contributed by atoms with Gasteiger partial charge in [-0.15, -0.1) is 0 Å². The second-order valence-electron chi connectivity index (χ2n) is 8.16. The van der Waals surface area contributed by atoms with Crippen LogP contribution in [0.5, 0.6) is 11.5 Å². The van der Waals surface area contributed by atoms with E-state index in [1.807, 2.05) is 25.8 Å². The number of hydrogen-bond donors (Lipinski definition) is 0. The molecule has 0 saturated heterocycles. The van der Waals surface area contributed by atoms with E-state index in [0.29, 0.717) is 11.7 Å². The van der Waals surface area contributed by atoms with Crippen LogP contribution >= 0.6 is 0 Å². The first kappa shape index (κ1) is 20.4. The molecule has 7 nitrogen and oxygen atoms in total. The molecule has 1 amide bonds. The standard InChI is InChI=1S/C22H27FN4O3/c1-12-20-21(26(3)13(2)22(28)27(20)4)25-19(24-12)10-14-8-16(9-14)30-18-7-6-15(29-5)11-17(18)23/h6-7,11,13-14,16H,8-10H2,1-5H3/t13-,14?,16?/m0/s1. The van der Waals surface area contributed by atoms with Crippen molar-refractivity contribution in [2.24, 2.45) is 5.92 Å². The van der Waals surface area contributed by atoms with Crippen molar-refractivity contribution in [3.8, 4) is 11.5 Å². The maximum absolute atomic E-state index is 14.1. The number of aryl methyl sites for hydroxylation is 1. The predicted molar refractivity (Wildman–Crippen MR) is 112 cm³/mol. The maximum atomic E-state index is 14.1. The minimum absolute atomic E-state index is 0.0110. The highest BCUT2D eigenvalue weighted by molar-refractivity contribution is 6.04. The minimum atomic E-state index is -0.415. The van der Waals surface area contributed by atoms with E-state index in [1.165, 1.54) is 13.2 Å². The Kier molecular flexibility index (Phi) is 5.26. The lowest BCUT2D eigenvalue weighted by Gasteiger charge is -2.38. The average Bonchev–Trinajstić information content (AvgIpc) is 2.69. The number of fused-ring (bicyclic) bond motifs is 1. The summed E-state index contributed by atoms with van der Waals surface area (Å²) in [6.07, 6.45) is 2.38. The Hall–Kier alpha value is -2.90. The van der Waals surface area contributed by atoms with Gasteiger partial charge in [0.2, 0.25) is 5.91 Å². The number of nitrogens with zero attached hydrogens (tertiary/aromatic N) is 4. The number of hydrogen-bond acceptors (Lipinski definition) is 6. The Bertz CT molecular complexity index is 977. The number of ether oxygens (including phenoxy) is 2. The zero-order valence-electron chi connectivity index (χ0n) is 18.0. The van der Waals surface area contributed by atoms with Crippen LogP contribution in [0.1, 0.15) is 31.3 Å². The zero-order chi connectivity index (χ0) is 21.6. The Morgan fingerprint density at radius 1 is 1.23 bits per heavy atom. The van der Waals surface area contributed by atoms with Gasteiger partial charge in [-0.25, -0.2) is 14.4 Å². The van der Waals surface area contributed by atoms with Gasteiger partial charge in [0.25, 0.3) is 0 Å². The molecule has 2 aliphatic rings. The molecule has 1 aliphatic carbocycles. The quantitative estimate of drug-likeness (QED) is 0.749. The molecule has 160 valence electrons. The van der Waals surface area contributed by atoms with Gasteiger partial charge >= 0.3 is 0 Å². The van der Waals surface area contributed by atoms with E-state index in [1.54, 1.807) is 24.1 Å². The van der Waals surface area contributed by atoms with Gasteiger partial charge in [0, 0.05) is 26.6 Å². The van der Waals surface area contributed by atoms with E-state index >= 15 is 0 Å². The summed E-state index contributed by atoms with van der Waals surface area (Å²) in [4.78, 5) is 25.4. The number of likely N-dealkylation sites (N-methyl/N-ethyl adjacent to an activating group) is 2. The second-order valence-corrected chi connectivity index (χ2v) is 8.16. The summed E-state index contributed by atoms with van der Waals surface area (Å²) >= 11 is 0.